The Morgan fingerprint density at radius 3 is 1.41 bits per heavy atom. The Balaban J connectivity index is 0.000000237. The molecule has 2 atom stereocenters. The minimum atomic E-state index is -3.59. The number of pyridine rings is 2. The smallest absolute Gasteiger partial charge is 0.310 e. The van der Waals surface area contributed by atoms with Gasteiger partial charge in [0.05, 0.1) is 34.8 Å². The molecule has 2 saturated carbocycles. The summed E-state index contributed by atoms with van der Waals surface area (Å²) in [7, 11) is -10.2. The molecular formula is C45H59N4O9PS2. The van der Waals surface area contributed by atoms with Crippen LogP contribution in [0.1, 0.15) is 107 Å². The summed E-state index contributed by atoms with van der Waals surface area (Å²) in [6.45, 7) is 5.72. The van der Waals surface area contributed by atoms with Crippen LogP contribution in [-0.4, -0.2) is 64.3 Å². The summed E-state index contributed by atoms with van der Waals surface area (Å²) in [6, 6.07) is 23.6. The molecule has 2 N–H and O–H groups in total. The Morgan fingerprint density at radius 2 is 1.03 bits per heavy atom. The summed E-state index contributed by atoms with van der Waals surface area (Å²) in [4.78, 5) is 35.6. The zero-order valence-electron chi connectivity index (χ0n) is 35.7. The highest BCUT2D eigenvalue weighted by Gasteiger charge is 2.31. The number of aromatic nitrogens is 2. The van der Waals surface area contributed by atoms with Crippen molar-refractivity contribution in [3.05, 3.63) is 102 Å². The van der Waals surface area contributed by atoms with Crippen LogP contribution in [-0.2, 0) is 42.9 Å². The highest BCUT2D eigenvalue weighted by Crippen LogP contribution is 2.46. The summed E-state index contributed by atoms with van der Waals surface area (Å²) >= 11 is 0. The quantitative estimate of drug-likeness (QED) is 0.0965. The molecule has 0 bridgehead atoms. The van der Waals surface area contributed by atoms with E-state index in [1.165, 1.54) is 19.1 Å². The molecule has 0 saturated heterocycles. The van der Waals surface area contributed by atoms with Crippen molar-refractivity contribution in [3.8, 4) is 0 Å². The molecule has 2 aliphatic carbocycles. The highest BCUT2D eigenvalue weighted by molar-refractivity contribution is 7.91. The van der Waals surface area contributed by atoms with Gasteiger partial charge in [-0.15, -0.1) is 0 Å². The van der Waals surface area contributed by atoms with Crippen molar-refractivity contribution in [1.29, 1.82) is 0 Å². The fourth-order valence-corrected chi connectivity index (χ4v) is 10.8. The average Bonchev–Trinajstić information content (AvgIpc) is 3.94. The lowest BCUT2D eigenvalue weighted by molar-refractivity contribution is -0.118. The normalized spacial score (nSPS) is 16.0. The molecule has 4 aromatic rings. The van der Waals surface area contributed by atoms with Gasteiger partial charge in [0.25, 0.3) is 0 Å². The summed E-state index contributed by atoms with van der Waals surface area (Å²) < 4.78 is 70.9. The minimum absolute atomic E-state index is 0.0906. The molecule has 2 aromatic heterocycles. The first-order valence-electron chi connectivity index (χ1n) is 21.0. The summed E-state index contributed by atoms with van der Waals surface area (Å²) in [5.74, 6) is 0.646. The van der Waals surface area contributed by atoms with E-state index in [0.717, 1.165) is 68.0 Å². The zero-order chi connectivity index (χ0) is 44.2. The molecule has 16 heteroatoms. The highest BCUT2D eigenvalue weighted by atomic mass is 32.2. The maximum absolute atomic E-state index is 13.4. The summed E-state index contributed by atoms with van der Waals surface area (Å²) in [6.07, 6.45) is 13.0. The molecule has 0 radical (unpaired) electrons. The third-order valence-corrected chi connectivity index (χ3v) is 15.4. The number of rotatable bonds is 17. The lowest BCUT2D eigenvalue weighted by atomic mass is 9.87. The second kappa shape index (κ2) is 21.7. The van der Waals surface area contributed by atoms with Gasteiger partial charge >= 0.3 is 7.60 Å². The summed E-state index contributed by atoms with van der Waals surface area (Å²) in [5, 5.41) is 5.79. The molecule has 61 heavy (non-hydrogen) atoms. The minimum Gasteiger partial charge on any atom is -0.310 e. The summed E-state index contributed by atoms with van der Waals surface area (Å²) in [5.41, 5.74) is 2.58. The van der Waals surface area contributed by atoms with Gasteiger partial charge in [-0.2, -0.15) is 0 Å². The Labute approximate surface area is 361 Å². The fourth-order valence-electron chi connectivity index (χ4n) is 8.04. The van der Waals surface area contributed by atoms with Gasteiger partial charge in [0, 0.05) is 18.2 Å². The SMILES string of the molecule is CCOP(=O)(OCC)c1cccc(NC(=O)[C@H](CC2CCCC2)c2ccc(S(C)(=O)=O)cc2)n1.Cc1cccc(NC(=O)[C@H](CC2CCCC2)c2ccc(S(C)(=O)=O)cc2)n1. The number of aryl methyl sites for hydroxylation is 1. The molecule has 2 amide bonds. The van der Waals surface area contributed by atoms with Crippen LogP contribution in [0.3, 0.4) is 0 Å². The van der Waals surface area contributed by atoms with Crippen LogP contribution in [0.5, 0.6) is 0 Å². The third-order valence-electron chi connectivity index (χ3n) is 11.1. The number of amides is 2. The topological polar surface area (TPSA) is 188 Å². The molecule has 2 fully saturated rings. The number of nitrogens with zero attached hydrogens (tertiary/aromatic N) is 2. The van der Waals surface area contributed by atoms with E-state index in [4.69, 9.17) is 9.05 Å². The first-order valence-corrected chi connectivity index (χ1v) is 26.3. The largest absolute Gasteiger partial charge is 0.379 e. The van der Waals surface area contributed by atoms with E-state index in [-0.39, 0.29) is 52.0 Å². The molecule has 0 spiro atoms. The average molecular weight is 895 g/mol. The predicted molar refractivity (Wildman–Crippen MR) is 239 cm³/mol. The van der Waals surface area contributed by atoms with Crippen LogP contribution in [0.25, 0.3) is 0 Å². The van der Waals surface area contributed by atoms with Crippen molar-refractivity contribution in [2.75, 3.05) is 36.4 Å². The van der Waals surface area contributed by atoms with Crippen molar-refractivity contribution < 1.29 is 40.0 Å². The molecular weight excluding hydrogens is 836 g/mol. The van der Waals surface area contributed by atoms with E-state index in [2.05, 4.69) is 20.6 Å². The van der Waals surface area contributed by atoms with E-state index in [9.17, 15) is 31.0 Å². The van der Waals surface area contributed by atoms with E-state index >= 15 is 0 Å². The van der Waals surface area contributed by atoms with Gasteiger partial charge in [0.1, 0.15) is 11.6 Å². The maximum Gasteiger partial charge on any atom is 0.379 e. The number of carbonyl (C=O) groups excluding carboxylic acids is 2. The monoisotopic (exact) mass is 894 g/mol. The Morgan fingerprint density at radius 1 is 0.639 bits per heavy atom. The van der Waals surface area contributed by atoms with Crippen LogP contribution in [0, 0.1) is 18.8 Å². The number of sulfone groups is 2. The zero-order valence-corrected chi connectivity index (χ0v) is 38.2. The van der Waals surface area contributed by atoms with Gasteiger partial charge in [-0.3, -0.25) is 14.2 Å². The van der Waals surface area contributed by atoms with Crippen molar-refractivity contribution in [3.63, 3.8) is 0 Å². The van der Waals surface area contributed by atoms with Gasteiger partial charge in [-0.1, -0.05) is 87.8 Å². The lowest BCUT2D eigenvalue weighted by Crippen LogP contribution is -2.25. The Kier molecular flexibility index (Phi) is 17.0. The second-order valence-electron chi connectivity index (χ2n) is 15.9. The van der Waals surface area contributed by atoms with Gasteiger partial charge < -0.3 is 19.7 Å². The molecule has 2 heterocycles. The molecule has 330 valence electrons. The van der Waals surface area contributed by atoms with Gasteiger partial charge in [0.15, 0.2) is 25.1 Å². The van der Waals surface area contributed by atoms with E-state index < -0.39 is 33.2 Å². The van der Waals surface area contributed by atoms with Crippen molar-refractivity contribution >= 4 is 56.2 Å². The van der Waals surface area contributed by atoms with Crippen LogP contribution in [0.2, 0.25) is 0 Å². The number of hydrogen-bond acceptors (Lipinski definition) is 11. The molecule has 6 rings (SSSR count). The Hall–Kier alpha value is -4.27. The lowest BCUT2D eigenvalue weighted by Gasteiger charge is -2.21. The number of anilines is 2. The van der Waals surface area contributed by atoms with Crippen LogP contribution >= 0.6 is 7.60 Å². The number of hydrogen-bond donors (Lipinski definition) is 2. The van der Waals surface area contributed by atoms with Crippen LogP contribution in [0.4, 0.5) is 11.6 Å². The van der Waals surface area contributed by atoms with Gasteiger partial charge in [-0.25, -0.2) is 26.8 Å². The number of nitrogens with one attached hydrogen (secondary N) is 2. The first kappa shape index (κ1) is 47.8. The van der Waals surface area contributed by atoms with Crippen LogP contribution < -0.4 is 16.1 Å². The first-order chi connectivity index (χ1) is 29.0. The standard InChI is InChI=1S/C24H33N2O6PS.C21H26N2O3S/c1-4-31-33(28,32-5-2)23-12-8-11-22(25-23)26-24(27)21(17-18-9-6-7-10-18)19-13-15-20(16-14-19)34(3,29)30;1-15-6-5-9-20(22-15)23-21(24)19(14-16-7-3-4-8-16)17-10-12-18(13-11-17)27(2,25)26/h8,11-16,18,21H,4-7,9-10,17H2,1-3H3,(H,25,26,27);5-6,9-13,16,19H,3-4,7-8,14H2,1-2H3,(H,22,23,24)/t21-;19-/m11/s1. The number of benzene rings is 2. The third kappa shape index (κ3) is 13.9. The van der Waals surface area contributed by atoms with E-state index in [1.807, 2.05) is 19.1 Å². The van der Waals surface area contributed by atoms with Gasteiger partial charge in [0.2, 0.25) is 11.8 Å². The molecule has 13 nitrogen and oxygen atoms in total. The predicted octanol–water partition coefficient (Wildman–Crippen LogP) is 8.78. The molecule has 2 aliphatic rings. The fraction of sp³-hybridized carbons (Fsp3) is 0.467. The van der Waals surface area contributed by atoms with Crippen molar-refractivity contribution in [2.24, 2.45) is 11.8 Å². The van der Waals surface area contributed by atoms with Gasteiger partial charge in [-0.05, 0) is 105 Å². The molecule has 0 aliphatic heterocycles. The maximum atomic E-state index is 13.4. The van der Waals surface area contributed by atoms with Crippen molar-refractivity contribution in [1.82, 2.24) is 9.97 Å². The van der Waals surface area contributed by atoms with Crippen molar-refractivity contribution in [2.45, 2.75) is 107 Å². The number of carbonyl (C=O) groups is 2. The van der Waals surface area contributed by atoms with E-state index in [1.54, 1.807) is 86.6 Å². The second-order valence-corrected chi connectivity index (χ2v) is 21.9. The van der Waals surface area contributed by atoms with Crippen LogP contribution in [0.15, 0.2) is 94.7 Å². The Bertz CT molecular complexity index is 2360. The van der Waals surface area contributed by atoms with E-state index in [0.29, 0.717) is 24.1 Å². The molecule has 0 unspecified atom stereocenters. The molecule has 2 aromatic carbocycles.